The molecule has 0 spiro atoms. The van der Waals surface area contributed by atoms with Gasteiger partial charge in [0, 0.05) is 29.2 Å². The zero-order valence-corrected chi connectivity index (χ0v) is 14.2. The summed E-state index contributed by atoms with van der Waals surface area (Å²) < 4.78 is 5.48. The molecule has 0 saturated carbocycles. The number of carbonyl (C=O) groups excluding carboxylic acids is 1. The van der Waals surface area contributed by atoms with Crippen molar-refractivity contribution in [2.75, 3.05) is 13.2 Å². The van der Waals surface area contributed by atoms with Gasteiger partial charge in [-0.3, -0.25) is 4.79 Å². The zero-order chi connectivity index (χ0) is 16.9. The van der Waals surface area contributed by atoms with Gasteiger partial charge in [0.25, 0.3) is 5.91 Å². The van der Waals surface area contributed by atoms with Crippen LogP contribution in [-0.2, 0) is 11.2 Å². The van der Waals surface area contributed by atoms with Crippen LogP contribution >= 0.6 is 11.6 Å². The standard InChI is InChI=1S/C19H19ClN2O2/c1-13-10-16(6-7-17(13)20)24-12-19(23)21-9-8-15-11-14-4-2-3-5-18(14)22-15/h2-7,10-11,22H,8-9,12H2,1H3,(H,21,23). The third kappa shape index (κ3) is 4.09. The monoisotopic (exact) mass is 342 g/mol. The molecule has 2 N–H and O–H groups in total. The molecular formula is C19H19ClN2O2. The van der Waals surface area contributed by atoms with Gasteiger partial charge in [-0.25, -0.2) is 0 Å². The number of hydrogen-bond acceptors (Lipinski definition) is 2. The van der Waals surface area contributed by atoms with Crippen molar-refractivity contribution >= 4 is 28.4 Å². The van der Waals surface area contributed by atoms with Crippen LogP contribution in [0.5, 0.6) is 5.75 Å². The van der Waals surface area contributed by atoms with Crippen LogP contribution in [0, 0.1) is 6.92 Å². The average molecular weight is 343 g/mol. The fraction of sp³-hybridized carbons (Fsp3) is 0.211. The molecule has 1 aromatic heterocycles. The summed E-state index contributed by atoms with van der Waals surface area (Å²) in [6.07, 6.45) is 0.750. The molecule has 0 fully saturated rings. The Kier molecular flexibility index (Phi) is 5.06. The largest absolute Gasteiger partial charge is 0.484 e. The second kappa shape index (κ2) is 7.41. The minimum absolute atomic E-state index is 0.00618. The quantitative estimate of drug-likeness (QED) is 0.714. The lowest BCUT2D eigenvalue weighted by Crippen LogP contribution is -2.30. The minimum atomic E-state index is -0.140. The maximum absolute atomic E-state index is 11.9. The van der Waals surface area contributed by atoms with E-state index >= 15 is 0 Å². The number of aromatic nitrogens is 1. The first kappa shape index (κ1) is 16.4. The number of para-hydroxylation sites is 1. The molecule has 0 saturated heterocycles. The van der Waals surface area contributed by atoms with E-state index in [2.05, 4.69) is 22.4 Å². The molecule has 0 radical (unpaired) electrons. The Morgan fingerprint density at radius 2 is 2.04 bits per heavy atom. The molecule has 2 aromatic carbocycles. The molecule has 0 aliphatic carbocycles. The highest BCUT2D eigenvalue weighted by Crippen LogP contribution is 2.20. The molecule has 0 atom stereocenters. The molecule has 1 heterocycles. The second-order valence-corrected chi connectivity index (χ2v) is 6.09. The molecule has 4 nitrogen and oxygen atoms in total. The Balaban J connectivity index is 1.44. The number of aromatic amines is 1. The van der Waals surface area contributed by atoms with Crippen LogP contribution < -0.4 is 10.1 Å². The Bertz CT molecular complexity index is 824. The highest BCUT2D eigenvalue weighted by atomic mass is 35.5. The van der Waals surface area contributed by atoms with Crippen molar-refractivity contribution in [1.82, 2.24) is 10.3 Å². The topological polar surface area (TPSA) is 54.1 Å². The molecule has 0 aliphatic rings. The first-order valence-electron chi connectivity index (χ1n) is 7.84. The number of ether oxygens (including phenoxy) is 1. The van der Waals surface area contributed by atoms with Crippen molar-refractivity contribution in [1.29, 1.82) is 0 Å². The van der Waals surface area contributed by atoms with Gasteiger partial charge in [0.2, 0.25) is 0 Å². The van der Waals surface area contributed by atoms with E-state index in [1.165, 1.54) is 5.39 Å². The van der Waals surface area contributed by atoms with Gasteiger partial charge in [-0.2, -0.15) is 0 Å². The average Bonchev–Trinajstić information content (AvgIpc) is 2.98. The van der Waals surface area contributed by atoms with Gasteiger partial charge < -0.3 is 15.0 Å². The molecule has 3 rings (SSSR count). The number of fused-ring (bicyclic) bond motifs is 1. The Morgan fingerprint density at radius 3 is 2.83 bits per heavy atom. The van der Waals surface area contributed by atoms with Gasteiger partial charge in [-0.05, 0) is 48.2 Å². The SMILES string of the molecule is Cc1cc(OCC(=O)NCCc2cc3ccccc3[nH]2)ccc1Cl. The second-order valence-electron chi connectivity index (χ2n) is 5.68. The number of hydrogen-bond donors (Lipinski definition) is 2. The van der Waals surface area contributed by atoms with Gasteiger partial charge in [-0.1, -0.05) is 29.8 Å². The maximum atomic E-state index is 11.9. The number of aryl methyl sites for hydroxylation is 1. The minimum Gasteiger partial charge on any atom is -0.484 e. The third-order valence-corrected chi connectivity index (χ3v) is 4.23. The Labute approximate surface area is 145 Å². The lowest BCUT2D eigenvalue weighted by molar-refractivity contribution is -0.123. The van der Waals surface area contributed by atoms with Crippen LogP contribution in [0.25, 0.3) is 10.9 Å². The fourth-order valence-corrected chi connectivity index (χ4v) is 2.63. The molecular weight excluding hydrogens is 324 g/mol. The Hall–Kier alpha value is -2.46. The van der Waals surface area contributed by atoms with E-state index < -0.39 is 0 Å². The van der Waals surface area contributed by atoms with Crippen molar-refractivity contribution in [2.24, 2.45) is 0 Å². The molecule has 3 aromatic rings. The van der Waals surface area contributed by atoms with Gasteiger partial charge in [-0.15, -0.1) is 0 Å². The highest BCUT2D eigenvalue weighted by Gasteiger charge is 2.05. The lowest BCUT2D eigenvalue weighted by atomic mass is 10.2. The van der Waals surface area contributed by atoms with Crippen LogP contribution in [0.1, 0.15) is 11.3 Å². The fourth-order valence-electron chi connectivity index (χ4n) is 2.51. The summed E-state index contributed by atoms with van der Waals surface area (Å²) >= 11 is 5.96. The predicted octanol–water partition coefficient (Wildman–Crippen LogP) is 3.87. The third-order valence-electron chi connectivity index (χ3n) is 3.80. The highest BCUT2D eigenvalue weighted by molar-refractivity contribution is 6.31. The summed E-state index contributed by atoms with van der Waals surface area (Å²) in [5.74, 6) is 0.501. The predicted molar refractivity (Wildman–Crippen MR) is 96.7 cm³/mol. The van der Waals surface area contributed by atoms with E-state index in [1.807, 2.05) is 31.2 Å². The number of amides is 1. The molecule has 0 aliphatic heterocycles. The van der Waals surface area contributed by atoms with Crippen LogP contribution in [0.4, 0.5) is 0 Å². The Morgan fingerprint density at radius 1 is 1.21 bits per heavy atom. The number of halogens is 1. The van der Waals surface area contributed by atoms with Gasteiger partial charge in [0.05, 0.1) is 0 Å². The van der Waals surface area contributed by atoms with Crippen molar-refractivity contribution < 1.29 is 9.53 Å². The molecule has 24 heavy (non-hydrogen) atoms. The van der Waals surface area contributed by atoms with Crippen LogP contribution in [0.15, 0.2) is 48.5 Å². The number of rotatable bonds is 6. The lowest BCUT2D eigenvalue weighted by Gasteiger charge is -2.08. The van der Waals surface area contributed by atoms with Gasteiger partial charge >= 0.3 is 0 Å². The normalized spacial score (nSPS) is 10.8. The van der Waals surface area contributed by atoms with E-state index in [9.17, 15) is 4.79 Å². The van der Waals surface area contributed by atoms with E-state index in [0.29, 0.717) is 17.3 Å². The van der Waals surface area contributed by atoms with Crippen molar-refractivity contribution in [3.63, 3.8) is 0 Å². The van der Waals surface area contributed by atoms with E-state index in [1.54, 1.807) is 12.1 Å². The summed E-state index contributed by atoms with van der Waals surface area (Å²) in [7, 11) is 0. The summed E-state index contributed by atoms with van der Waals surface area (Å²) in [5.41, 5.74) is 3.14. The van der Waals surface area contributed by atoms with Crippen LogP contribution in [-0.4, -0.2) is 24.0 Å². The van der Waals surface area contributed by atoms with Gasteiger partial charge in [0.15, 0.2) is 6.61 Å². The zero-order valence-electron chi connectivity index (χ0n) is 13.4. The van der Waals surface area contributed by atoms with Crippen molar-refractivity contribution in [3.8, 4) is 5.75 Å². The van der Waals surface area contributed by atoms with Crippen molar-refractivity contribution in [3.05, 3.63) is 64.8 Å². The number of carbonyl (C=O) groups is 1. The molecule has 5 heteroatoms. The summed E-state index contributed by atoms with van der Waals surface area (Å²) in [5, 5.41) is 4.73. The summed E-state index contributed by atoms with van der Waals surface area (Å²) in [6, 6.07) is 15.6. The summed E-state index contributed by atoms with van der Waals surface area (Å²) in [6.45, 7) is 2.46. The summed E-state index contributed by atoms with van der Waals surface area (Å²) in [4.78, 5) is 15.2. The van der Waals surface area contributed by atoms with Crippen LogP contribution in [0.3, 0.4) is 0 Å². The first-order chi connectivity index (χ1) is 11.6. The molecule has 124 valence electrons. The smallest absolute Gasteiger partial charge is 0.257 e. The van der Waals surface area contributed by atoms with Crippen LogP contribution in [0.2, 0.25) is 5.02 Å². The molecule has 1 amide bonds. The number of benzene rings is 2. The molecule has 0 bridgehead atoms. The van der Waals surface area contributed by atoms with Gasteiger partial charge in [0.1, 0.15) is 5.75 Å². The number of nitrogens with one attached hydrogen (secondary N) is 2. The van der Waals surface area contributed by atoms with E-state index in [-0.39, 0.29) is 12.5 Å². The molecule has 0 unspecified atom stereocenters. The number of H-pyrrole nitrogens is 1. The first-order valence-corrected chi connectivity index (χ1v) is 8.22. The van der Waals surface area contributed by atoms with E-state index in [0.717, 1.165) is 23.2 Å². The maximum Gasteiger partial charge on any atom is 0.257 e. The van der Waals surface area contributed by atoms with Crippen molar-refractivity contribution in [2.45, 2.75) is 13.3 Å². The van der Waals surface area contributed by atoms with E-state index in [4.69, 9.17) is 16.3 Å².